The lowest BCUT2D eigenvalue weighted by molar-refractivity contribution is 0.963. The number of hydrogen-bond acceptors (Lipinski definition) is 2. The Kier molecular flexibility index (Phi) is 1.96. The zero-order chi connectivity index (χ0) is 9.42. The summed E-state index contributed by atoms with van der Waals surface area (Å²) in [5.74, 6) is 0.728. The lowest BCUT2D eigenvalue weighted by Gasteiger charge is -1.98. The molecule has 2 N–H and O–H groups in total. The molecule has 0 spiro atoms. The van der Waals surface area contributed by atoms with Gasteiger partial charge < -0.3 is 10.3 Å². The molecule has 2 aromatic rings. The minimum Gasteiger partial charge on any atom is -0.398 e. The predicted molar refractivity (Wildman–Crippen MR) is 60.0 cm³/mol. The average Bonchev–Trinajstić information content (AvgIpc) is 2.45. The van der Waals surface area contributed by atoms with Gasteiger partial charge in [-0.25, -0.2) is 0 Å². The number of hydrogen-bond donors (Lipinski definition) is 2. The molecular formula is C10H12N2S. The molecule has 1 heterocycles. The molecule has 0 aliphatic carbocycles. The lowest BCUT2D eigenvalue weighted by atomic mass is 10.1. The van der Waals surface area contributed by atoms with Gasteiger partial charge in [0.05, 0.1) is 5.52 Å². The SMILES string of the molecule is Cn1cc(CS)c2c(N)cccc21. The van der Waals surface area contributed by atoms with Crippen molar-refractivity contribution in [1.82, 2.24) is 4.57 Å². The van der Waals surface area contributed by atoms with Gasteiger partial charge in [-0.1, -0.05) is 6.07 Å². The maximum absolute atomic E-state index is 5.90. The molecule has 13 heavy (non-hydrogen) atoms. The monoisotopic (exact) mass is 192 g/mol. The van der Waals surface area contributed by atoms with E-state index in [9.17, 15) is 0 Å². The van der Waals surface area contributed by atoms with Gasteiger partial charge in [0.2, 0.25) is 0 Å². The molecule has 0 aliphatic heterocycles. The fourth-order valence-electron chi connectivity index (χ4n) is 1.69. The van der Waals surface area contributed by atoms with E-state index in [1.54, 1.807) is 0 Å². The average molecular weight is 192 g/mol. The highest BCUT2D eigenvalue weighted by Gasteiger charge is 2.06. The van der Waals surface area contributed by atoms with E-state index < -0.39 is 0 Å². The van der Waals surface area contributed by atoms with Crippen LogP contribution in [0.1, 0.15) is 5.56 Å². The first-order chi connectivity index (χ1) is 6.24. The molecule has 3 heteroatoms. The van der Waals surface area contributed by atoms with Crippen molar-refractivity contribution >= 4 is 29.2 Å². The van der Waals surface area contributed by atoms with Crippen LogP contribution in [0.2, 0.25) is 0 Å². The zero-order valence-electron chi connectivity index (χ0n) is 7.49. The van der Waals surface area contributed by atoms with E-state index in [2.05, 4.69) is 29.5 Å². The van der Waals surface area contributed by atoms with Crippen LogP contribution >= 0.6 is 12.6 Å². The Hall–Kier alpha value is -1.09. The van der Waals surface area contributed by atoms with Crippen molar-refractivity contribution < 1.29 is 0 Å². The van der Waals surface area contributed by atoms with E-state index in [-0.39, 0.29) is 0 Å². The molecule has 0 amide bonds. The van der Waals surface area contributed by atoms with Crippen LogP contribution in [-0.2, 0) is 12.8 Å². The molecule has 1 aromatic carbocycles. The highest BCUT2D eigenvalue weighted by molar-refractivity contribution is 7.79. The second kappa shape index (κ2) is 3.00. The molecule has 2 nitrogen and oxygen atoms in total. The van der Waals surface area contributed by atoms with Crippen molar-refractivity contribution in [3.63, 3.8) is 0 Å². The van der Waals surface area contributed by atoms with E-state index in [0.29, 0.717) is 0 Å². The molecule has 0 atom stereocenters. The Morgan fingerprint density at radius 1 is 1.46 bits per heavy atom. The molecule has 0 fully saturated rings. The van der Waals surface area contributed by atoms with Crippen molar-refractivity contribution in [3.8, 4) is 0 Å². The van der Waals surface area contributed by atoms with Crippen LogP contribution in [0.15, 0.2) is 24.4 Å². The summed E-state index contributed by atoms with van der Waals surface area (Å²) >= 11 is 4.28. The van der Waals surface area contributed by atoms with Crippen molar-refractivity contribution in [2.45, 2.75) is 5.75 Å². The summed E-state index contributed by atoms with van der Waals surface area (Å²) in [4.78, 5) is 0. The van der Waals surface area contributed by atoms with Crippen molar-refractivity contribution in [3.05, 3.63) is 30.0 Å². The van der Waals surface area contributed by atoms with Crippen LogP contribution in [0.25, 0.3) is 10.9 Å². The topological polar surface area (TPSA) is 30.9 Å². The number of nitrogens with zero attached hydrogens (tertiary/aromatic N) is 1. The van der Waals surface area contributed by atoms with E-state index >= 15 is 0 Å². The Morgan fingerprint density at radius 2 is 2.23 bits per heavy atom. The number of fused-ring (bicyclic) bond motifs is 1. The third-order valence-corrected chi connectivity index (χ3v) is 2.64. The summed E-state index contributed by atoms with van der Waals surface area (Å²) in [6, 6.07) is 5.97. The highest BCUT2D eigenvalue weighted by Crippen LogP contribution is 2.26. The largest absolute Gasteiger partial charge is 0.398 e. The van der Waals surface area contributed by atoms with E-state index in [1.807, 2.05) is 19.2 Å². The number of anilines is 1. The summed E-state index contributed by atoms with van der Waals surface area (Å²) < 4.78 is 2.08. The fourth-order valence-corrected chi connectivity index (χ4v) is 1.93. The molecule has 0 saturated heterocycles. The van der Waals surface area contributed by atoms with Crippen LogP contribution in [0, 0.1) is 0 Å². The summed E-state index contributed by atoms with van der Waals surface area (Å²) in [6.45, 7) is 0. The molecule has 0 aliphatic rings. The van der Waals surface area contributed by atoms with E-state index in [1.165, 1.54) is 11.1 Å². The lowest BCUT2D eigenvalue weighted by Crippen LogP contribution is -1.87. The quantitative estimate of drug-likeness (QED) is 0.526. The van der Waals surface area contributed by atoms with Gasteiger partial charge in [-0.2, -0.15) is 12.6 Å². The van der Waals surface area contributed by atoms with Crippen molar-refractivity contribution in [2.75, 3.05) is 5.73 Å². The maximum atomic E-state index is 5.90. The smallest absolute Gasteiger partial charge is 0.0501 e. The Bertz CT molecular complexity index is 445. The molecule has 0 radical (unpaired) electrons. The molecular weight excluding hydrogens is 180 g/mol. The molecule has 1 aromatic heterocycles. The van der Waals surface area contributed by atoms with Gasteiger partial charge in [0.1, 0.15) is 0 Å². The van der Waals surface area contributed by atoms with Gasteiger partial charge in [-0.05, 0) is 17.7 Å². The number of rotatable bonds is 1. The van der Waals surface area contributed by atoms with Gasteiger partial charge in [-0.15, -0.1) is 0 Å². The van der Waals surface area contributed by atoms with Crippen LogP contribution in [-0.4, -0.2) is 4.57 Å². The maximum Gasteiger partial charge on any atom is 0.0501 e. The molecule has 2 rings (SSSR count). The highest BCUT2D eigenvalue weighted by atomic mass is 32.1. The van der Waals surface area contributed by atoms with E-state index in [0.717, 1.165) is 16.8 Å². The molecule has 0 bridgehead atoms. The number of aryl methyl sites for hydroxylation is 1. The Balaban J connectivity index is 2.89. The number of thiol groups is 1. The number of benzene rings is 1. The summed E-state index contributed by atoms with van der Waals surface area (Å²) in [5, 5.41) is 1.14. The molecule has 0 unspecified atom stereocenters. The second-order valence-electron chi connectivity index (χ2n) is 3.16. The predicted octanol–water partition coefficient (Wildman–Crippen LogP) is 2.19. The van der Waals surface area contributed by atoms with Crippen LogP contribution in [0.4, 0.5) is 5.69 Å². The van der Waals surface area contributed by atoms with Gasteiger partial charge in [0, 0.05) is 30.1 Å². The van der Waals surface area contributed by atoms with Gasteiger partial charge in [0.15, 0.2) is 0 Å². The first-order valence-electron chi connectivity index (χ1n) is 4.17. The van der Waals surface area contributed by atoms with Crippen LogP contribution in [0.5, 0.6) is 0 Å². The van der Waals surface area contributed by atoms with Crippen molar-refractivity contribution in [2.24, 2.45) is 7.05 Å². The zero-order valence-corrected chi connectivity index (χ0v) is 8.38. The second-order valence-corrected chi connectivity index (χ2v) is 3.48. The normalized spacial score (nSPS) is 10.9. The minimum absolute atomic E-state index is 0.728. The first kappa shape index (κ1) is 8.51. The van der Waals surface area contributed by atoms with E-state index in [4.69, 9.17) is 5.73 Å². The number of nitrogen functional groups attached to an aromatic ring is 1. The van der Waals surface area contributed by atoms with Crippen LogP contribution in [0.3, 0.4) is 0 Å². The van der Waals surface area contributed by atoms with Crippen LogP contribution < -0.4 is 5.73 Å². The summed E-state index contributed by atoms with van der Waals surface area (Å²) in [6.07, 6.45) is 2.08. The van der Waals surface area contributed by atoms with Gasteiger partial charge in [0.25, 0.3) is 0 Å². The fraction of sp³-hybridized carbons (Fsp3) is 0.200. The molecule has 0 saturated carbocycles. The first-order valence-corrected chi connectivity index (χ1v) is 4.80. The Morgan fingerprint density at radius 3 is 2.92 bits per heavy atom. The minimum atomic E-state index is 0.728. The summed E-state index contributed by atoms with van der Waals surface area (Å²) in [7, 11) is 2.02. The number of aromatic nitrogens is 1. The molecule has 68 valence electrons. The Labute approximate surface area is 82.8 Å². The number of nitrogens with two attached hydrogens (primary N) is 1. The van der Waals surface area contributed by atoms with Gasteiger partial charge in [-0.3, -0.25) is 0 Å². The summed E-state index contributed by atoms with van der Waals surface area (Å²) in [5.41, 5.74) is 9.10. The van der Waals surface area contributed by atoms with Gasteiger partial charge >= 0.3 is 0 Å². The third-order valence-electron chi connectivity index (χ3n) is 2.30. The van der Waals surface area contributed by atoms with Crippen molar-refractivity contribution in [1.29, 1.82) is 0 Å². The third kappa shape index (κ3) is 1.20. The standard InChI is InChI=1S/C10H12N2S/c1-12-5-7(6-13)10-8(11)3-2-4-9(10)12/h2-5,13H,6,11H2,1H3.